The van der Waals surface area contributed by atoms with E-state index in [0.717, 1.165) is 11.3 Å². The zero-order valence-corrected chi connectivity index (χ0v) is 16.0. The fraction of sp³-hybridized carbons (Fsp3) is 0.182. The van der Waals surface area contributed by atoms with Gasteiger partial charge in [0.25, 0.3) is 5.91 Å². The highest BCUT2D eigenvalue weighted by molar-refractivity contribution is 6.02. The van der Waals surface area contributed by atoms with Gasteiger partial charge in [-0.1, -0.05) is 38.1 Å². The molecule has 1 aromatic heterocycles. The standard InChI is InChI=1S/C22H21N5O/c1-14(2)18-9-4-6-15(3)21(18)27-20-13-24-19(12-25-20)22(28)26-17-8-5-7-16(10-17)11-23/h4-10,12-14H,1-3H3,(H,25,27)(H,26,28). The minimum atomic E-state index is -0.382. The van der Waals surface area contributed by atoms with Crippen LogP contribution < -0.4 is 10.6 Å². The molecule has 0 saturated heterocycles. The van der Waals surface area contributed by atoms with Crippen LogP contribution in [0, 0.1) is 18.3 Å². The van der Waals surface area contributed by atoms with E-state index >= 15 is 0 Å². The van der Waals surface area contributed by atoms with Crippen LogP contribution in [0.2, 0.25) is 0 Å². The number of nitrogens with zero attached hydrogens (tertiary/aromatic N) is 3. The fourth-order valence-corrected chi connectivity index (χ4v) is 2.84. The number of aromatic nitrogens is 2. The zero-order valence-electron chi connectivity index (χ0n) is 16.0. The average molecular weight is 371 g/mol. The minimum Gasteiger partial charge on any atom is -0.338 e. The molecule has 0 fully saturated rings. The third-order valence-corrected chi connectivity index (χ3v) is 4.31. The molecule has 28 heavy (non-hydrogen) atoms. The predicted molar refractivity (Wildman–Crippen MR) is 110 cm³/mol. The Morgan fingerprint density at radius 2 is 1.89 bits per heavy atom. The van der Waals surface area contributed by atoms with Gasteiger partial charge in [-0.3, -0.25) is 4.79 Å². The molecule has 3 aromatic rings. The summed E-state index contributed by atoms with van der Waals surface area (Å²) in [5.74, 6) is 0.553. The first-order valence-corrected chi connectivity index (χ1v) is 8.98. The van der Waals surface area contributed by atoms with Crippen molar-refractivity contribution in [2.45, 2.75) is 26.7 Å². The van der Waals surface area contributed by atoms with Crippen molar-refractivity contribution in [2.75, 3.05) is 10.6 Å². The number of hydrogen-bond acceptors (Lipinski definition) is 5. The number of nitriles is 1. The summed E-state index contributed by atoms with van der Waals surface area (Å²) in [5, 5.41) is 15.0. The Morgan fingerprint density at radius 1 is 1.11 bits per heavy atom. The second-order valence-corrected chi connectivity index (χ2v) is 6.75. The summed E-state index contributed by atoms with van der Waals surface area (Å²) < 4.78 is 0. The molecule has 140 valence electrons. The Morgan fingerprint density at radius 3 is 2.57 bits per heavy atom. The van der Waals surface area contributed by atoms with Gasteiger partial charge in [0, 0.05) is 11.4 Å². The van der Waals surface area contributed by atoms with Gasteiger partial charge in [0.15, 0.2) is 0 Å². The van der Waals surface area contributed by atoms with Crippen molar-refractivity contribution in [1.29, 1.82) is 5.26 Å². The van der Waals surface area contributed by atoms with Gasteiger partial charge in [-0.05, 0) is 42.2 Å². The molecule has 2 N–H and O–H groups in total. The van der Waals surface area contributed by atoms with E-state index in [9.17, 15) is 4.79 Å². The van der Waals surface area contributed by atoms with Gasteiger partial charge in [-0.25, -0.2) is 9.97 Å². The highest BCUT2D eigenvalue weighted by Gasteiger charge is 2.12. The van der Waals surface area contributed by atoms with E-state index in [4.69, 9.17) is 5.26 Å². The van der Waals surface area contributed by atoms with Gasteiger partial charge in [0.05, 0.1) is 24.0 Å². The van der Waals surface area contributed by atoms with Crippen molar-refractivity contribution in [2.24, 2.45) is 0 Å². The SMILES string of the molecule is Cc1cccc(C(C)C)c1Nc1cnc(C(=O)Nc2cccc(C#N)c2)cn1. The van der Waals surface area contributed by atoms with Gasteiger partial charge >= 0.3 is 0 Å². The third-order valence-electron chi connectivity index (χ3n) is 4.31. The third kappa shape index (κ3) is 4.33. The van der Waals surface area contributed by atoms with E-state index < -0.39 is 0 Å². The van der Waals surface area contributed by atoms with E-state index in [2.05, 4.69) is 40.5 Å². The molecule has 1 amide bonds. The second-order valence-electron chi connectivity index (χ2n) is 6.75. The van der Waals surface area contributed by atoms with Gasteiger partial charge in [0.1, 0.15) is 11.5 Å². The Balaban J connectivity index is 1.75. The predicted octanol–water partition coefficient (Wildman–Crippen LogP) is 4.78. The molecule has 6 nitrogen and oxygen atoms in total. The van der Waals surface area contributed by atoms with Crippen LogP contribution in [0.15, 0.2) is 54.9 Å². The molecule has 0 aliphatic heterocycles. The Kier molecular flexibility index (Phi) is 5.66. The average Bonchev–Trinajstić information content (AvgIpc) is 2.70. The van der Waals surface area contributed by atoms with Crippen LogP contribution in [0.5, 0.6) is 0 Å². The van der Waals surface area contributed by atoms with Crippen LogP contribution in [0.1, 0.15) is 46.9 Å². The molecule has 0 radical (unpaired) electrons. The lowest BCUT2D eigenvalue weighted by molar-refractivity contribution is 0.102. The van der Waals surface area contributed by atoms with Crippen LogP contribution in [-0.2, 0) is 0 Å². The fourth-order valence-electron chi connectivity index (χ4n) is 2.84. The number of aryl methyl sites for hydroxylation is 1. The quantitative estimate of drug-likeness (QED) is 0.674. The number of anilines is 3. The Bertz CT molecular complexity index is 1040. The maximum atomic E-state index is 12.4. The zero-order chi connectivity index (χ0) is 20.1. The summed E-state index contributed by atoms with van der Waals surface area (Å²) in [6, 6.07) is 14.9. The number of benzene rings is 2. The van der Waals surface area contributed by atoms with E-state index in [-0.39, 0.29) is 11.6 Å². The van der Waals surface area contributed by atoms with E-state index in [1.807, 2.05) is 25.1 Å². The molecule has 0 aliphatic rings. The Labute approximate surface area is 164 Å². The molecule has 0 aliphatic carbocycles. The van der Waals surface area contributed by atoms with Crippen molar-refractivity contribution < 1.29 is 4.79 Å². The highest BCUT2D eigenvalue weighted by Crippen LogP contribution is 2.29. The maximum Gasteiger partial charge on any atom is 0.275 e. The van der Waals surface area contributed by atoms with E-state index in [1.54, 1.807) is 24.3 Å². The summed E-state index contributed by atoms with van der Waals surface area (Å²) >= 11 is 0. The molecular formula is C22H21N5O. The lowest BCUT2D eigenvalue weighted by Gasteiger charge is -2.16. The van der Waals surface area contributed by atoms with Crippen molar-refractivity contribution in [1.82, 2.24) is 9.97 Å². The van der Waals surface area contributed by atoms with Crippen molar-refractivity contribution >= 4 is 23.1 Å². The molecule has 0 spiro atoms. The number of para-hydroxylation sites is 1. The summed E-state index contributed by atoms with van der Waals surface area (Å²) in [6.45, 7) is 6.32. The molecule has 3 rings (SSSR count). The first-order chi connectivity index (χ1) is 13.5. The molecule has 0 unspecified atom stereocenters. The van der Waals surface area contributed by atoms with Crippen LogP contribution in [0.4, 0.5) is 17.2 Å². The van der Waals surface area contributed by atoms with Crippen LogP contribution in [0.25, 0.3) is 0 Å². The largest absolute Gasteiger partial charge is 0.338 e. The second kappa shape index (κ2) is 8.31. The maximum absolute atomic E-state index is 12.4. The van der Waals surface area contributed by atoms with Gasteiger partial charge < -0.3 is 10.6 Å². The molecule has 1 heterocycles. The number of carbonyl (C=O) groups excluding carboxylic acids is 1. The van der Waals surface area contributed by atoms with Crippen LogP contribution >= 0.6 is 0 Å². The molecule has 0 saturated carbocycles. The summed E-state index contributed by atoms with van der Waals surface area (Å²) in [4.78, 5) is 20.9. The first kappa shape index (κ1) is 19.1. The van der Waals surface area contributed by atoms with E-state index in [0.29, 0.717) is 23.0 Å². The van der Waals surface area contributed by atoms with E-state index in [1.165, 1.54) is 18.0 Å². The van der Waals surface area contributed by atoms with Crippen LogP contribution in [0.3, 0.4) is 0 Å². The number of rotatable bonds is 5. The summed E-state index contributed by atoms with van der Waals surface area (Å²) in [7, 11) is 0. The van der Waals surface area contributed by atoms with Crippen molar-refractivity contribution in [3.8, 4) is 6.07 Å². The highest BCUT2D eigenvalue weighted by atomic mass is 16.1. The van der Waals surface area contributed by atoms with Crippen molar-refractivity contribution in [3.63, 3.8) is 0 Å². The molecular weight excluding hydrogens is 350 g/mol. The summed E-state index contributed by atoms with van der Waals surface area (Å²) in [6.07, 6.45) is 2.97. The molecule has 6 heteroatoms. The van der Waals surface area contributed by atoms with Gasteiger partial charge in [-0.2, -0.15) is 5.26 Å². The number of hydrogen-bond donors (Lipinski definition) is 2. The molecule has 0 bridgehead atoms. The first-order valence-electron chi connectivity index (χ1n) is 8.98. The molecule has 0 atom stereocenters. The van der Waals surface area contributed by atoms with Gasteiger partial charge in [-0.15, -0.1) is 0 Å². The van der Waals surface area contributed by atoms with Gasteiger partial charge in [0.2, 0.25) is 0 Å². The van der Waals surface area contributed by atoms with Crippen LogP contribution in [-0.4, -0.2) is 15.9 Å². The number of carbonyl (C=O) groups is 1. The topological polar surface area (TPSA) is 90.7 Å². The summed E-state index contributed by atoms with van der Waals surface area (Å²) in [5.41, 5.74) is 4.53. The smallest absolute Gasteiger partial charge is 0.275 e. The lowest BCUT2D eigenvalue weighted by atomic mass is 9.98. The van der Waals surface area contributed by atoms with Crippen molar-refractivity contribution in [3.05, 3.63) is 77.2 Å². The number of amides is 1. The molecule has 2 aromatic carbocycles. The Hall–Kier alpha value is -3.72. The lowest BCUT2D eigenvalue weighted by Crippen LogP contribution is -2.14. The minimum absolute atomic E-state index is 0.196. The number of nitrogens with one attached hydrogen (secondary N) is 2. The normalized spacial score (nSPS) is 10.4. The monoisotopic (exact) mass is 371 g/mol.